The zero-order valence-corrected chi connectivity index (χ0v) is 10.8. The molecule has 0 aromatic rings. The van der Waals surface area contributed by atoms with Gasteiger partial charge < -0.3 is 5.73 Å². The van der Waals surface area contributed by atoms with Crippen molar-refractivity contribution in [2.24, 2.45) is 11.1 Å². The van der Waals surface area contributed by atoms with Crippen LogP contribution in [0.25, 0.3) is 0 Å². The van der Waals surface area contributed by atoms with E-state index in [1.165, 1.54) is 0 Å². The van der Waals surface area contributed by atoms with Gasteiger partial charge in [0.15, 0.2) is 0 Å². The van der Waals surface area contributed by atoms with Crippen LogP contribution >= 0.6 is 0 Å². The minimum absolute atomic E-state index is 0.0936. The predicted octanol–water partition coefficient (Wildman–Crippen LogP) is 0.784. The zero-order chi connectivity index (χ0) is 11.9. The summed E-state index contributed by atoms with van der Waals surface area (Å²) in [6.07, 6.45) is 0.749. The summed E-state index contributed by atoms with van der Waals surface area (Å²) in [5.41, 5.74) is 5.85. The molecule has 1 saturated heterocycles. The van der Waals surface area contributed by atoms with Crippen molar-refractivity contribution in [1.82, 2.24) is 4.31 Å². The van der Waals surface area contributed by atoms with E-state index >= 15 is 0 Å². The van der Waals surface area contributed by atoms with Gasteiger partial charge in [0.25, 0.3) is 0 Å². The third-order valence-electron chi connectivity index (χ3n) is 3.23. The van der Waals surface area contributed by atoms with Gasteiger partial charge in [-0.2, -0.15) is 0 Å². The van der Waals surface area contributed by atoms with Crippen LogP contribution in [0.15, 0.2) is 0 Å². The van der Waals surface area contributed by atoms with Crippen molar-refractivity contribution in [1.29, 1.82) is 0 Å². The maximum absolute atomic E-state index is 12.0. The van der Waals surface area contributed by atoms with Crippen molar-refractivity contribution in [3.05, 3.63) is 0 Å². The van der Waals surface area contributed by atoms with Gasteiger partial charge in [-0.05, 0) is 25.7 Å². The number of hydrogen-bond acceptors (Lipinski definition) is 3. The Morgan fingerprint density at radius 3 is 2.33 bits per heavy atom. The molecule has 90 valence electrons. The quantitative estimate of drug-likeness (QED) is 0.768. The van der Waals surface area contributed by atoms with E-state index in [2.05, 4.69) is 0 Å². The van der Waals surface area contributed by atoms with Gasteiger partial charge in [-0.25, -0.2) is 12.7 Å². The Kier molecular flexibility index (Phi) is 3.48. The second kappa shape index (κ2) is 4.03. The van der Waals surface area contributed by atoms with Crippen LogP contribution in [0.4, 0.5) is 0 Å². The number of nitrogens with two attached hydrogens (primary N) is 1. The molecule has 5 heteroatoms. The Hall–Kier alpha value is -0.130. The normalized spacial score (nSPS) is 28.3. The molecule has 1 aliphatic heterocycles. The highest BCUT2D eigenvalue weighted by molar-refractivity contribution is 7.89. The maximum Gasteiger partial charge on any atom is 0.216 e. The highest BCUT2D eigenvalue weighted by Crippen LogP contribution is 2.30. The van der Waals surface area contributed by atoms with E-state index in [1.807, 2.05) is 13.8 Å². The van der Waals surface area contributed by atoms with Crippen molar-refractivity contribution in [2.45, 2.75) is 45.4 Å². The standard InChI is InChI=1S/C10H22N2O2S/c1-8(2)15(13,14)12-6-5-9(11)10(3,4)7-12/h8-9H,5-7,11H2,1-4H3. The van der Waals surface area contributed by atoms with Gasteiger partial charge in [0.1, 0.15) is 0 Å². The van der Waals surface area contributed by atoms with E-state index in [4.69, 9.17) is 5.73 Å². The second-order valence-corrected chi connectivity index (χ2v) is 7.80. The highest BCUT2D eigenvalue weighted by Gasteiger charge is 2.38. The molecule has 0 amide bonds. The first-order valence-corrected chi connectivity index (χ1v) is 6.93. The molecule has 0 spiro atoms. The Balaban J connectivity index is 2.85. The first-order chi connectivity index (χ1) is 6.68. The van der Waals surface area contributed by atoms with Crippen molar-refractivity contribution in [3.63, 3.8) is 0 Å². The lowest BCUT2D eigenvalue weighted by molar-refractivity contribution is 0.155. The smallest absolute Gasteiger partial charge is 0.216 e. The molecule has 0 aromatic carbocycles. The number of rotatable bonds is 2. The zero-order valence-electron chi connectivity index (χ0n) is 10.0. The molecule has 1 atom stereocenters. The van der Waals surface area contributed by atoms with Gasteiger partial charge in [-0.1, -0.05) is 13.8 Å². The van der Waals surface area contributed by atoms with Crippen LogP contribution in [0, 0.1) is 5.41 Å². The fourth-order valence-corrected chi connectivity index (χ4v) is 3.31. The van der Waals surface area contributed by atoms with Gasteiger partial charge in [-0.3, -0.25) is 0 Å². The molecule has 0 saturated carbocycles. The molecule has 2 N–H and O–H groups in total. The molecular formula is C10H22N2O2S. The molecule has 1 unspecified atom stereocenters. The summed E-state index contributed by atoms with van der Waals surface area (Å²) < 4.78 is 25.5. The summed E-state index contributed by atoms with van der Waals surface area (Å²) in [7, 11) is -3.12. The Morgan fingerprint density at radius 1 is 1.40 bits per heavy atom. The number of sulfonamides is 1. The van der Waals surface area contributed by atoms with E-state index in [1.54, 1.807) is 18.2 Å². The highest BCUT2D eigenvalue weighted by atomic mass is 32.2. The van der Waals surface area contributed by atoms with Gasteiger partial charge in [0, 0.05) is 19.1 Å². The Bertz CT molecular complexity index is 322. The van der Waals surface area contributed by atoms with E-state index < -0.39 is 10.0 Å². The first kappa shape index (κ1) is 12.9. The van der Waals surface area contributed by atoms with Gasteiger partial charge in [-0.15, -0.1) is 0 Å². The lowest BCUT2D eigenvalue weighted by Gasteiger charge is -2.42. The van der Waals surface area contributed by atoms with Crippen LogP contribution in [-0.4, -0.2) is 37.1 Å². The van der Waals surface area contributed by atoms with Crippen LogP contribution in [0.2, 0.25) is 0 Å². The summed E-state index contributed by atoms with van der Waals surface area (Å²) >= 11 is 0. The fraction of sp³-hybridized carbons (Fsp3) is 1.00. The van der Waals surface area contributed by atoms with Gasteiger partial charge in [0.05, 0.1) is 5.25 Å². The number of piperidine rings is 1. The predicted molar refractivity (Wildman–Crippen MR) is 62.0 cm³/mol. The van der Waals surface area contributed by atoms with Crippen LogP contribution in [0.5, 0.6) is 0 Å². The molecule has 1 rings (SSSR count). The molecule has 1 heterocycles. The molecule has 1 aliphatic rings. The molecule has 0 bridgehead atoms. The summed E-state index contributed by atoms with van der Waals surface area (Å²) in [4.78, 5) is 0. The monoisotopic (exact) mass is 234 g/mol. The molecule has 0 radical (unpaired) electrons. The van der Waals surface area contributed by atoms with Crippen molar-refractivity contribution >= 4 is 10.0 Å². The van der Waals surface area contributed by atoms with E-state index in [0.717, 1.165) is 6.42 Å². The minimum Gasteiger partial charge on any atom is -0.327 e. The van der Waals surface area contributed by atoms with Crippen molar-refractivity contribution < 1.29 is 8.42 Å². The molecule has 0 aromatic heterocycles. The topological polar surface area (TPSA) is 63.4 Å². The SMILES string of the molecule is CC(C)S(=O)(=O)N1CCC(N)C(C)(C)C1. The van der Waals surface area contributed by atoms with Crippen LogP contribution in [0.1, 0.15) is 34.1 Å². The number of nitrogens with zero attached hydrogens (tertiary/aromatic N) is 1. The van der Waals surface area contributed by atoms with Crippen LogP contribution in [0.3, 0.4) is 0 Å². The van der Waals surface area contributed by atoms with Gasteiger partial charge >= 0.3 is 0 Å². The average Bonchev–Trinajstić information content (AvgIpc) is 2.09. The van der Waals surface area contributed by atoms with Crippen LogP contribution < -0.4 is 5.73 Å². The average molecular weight is 234 g/mol. The van der Waals surface area contributed by atoms with Gasteiger partial charge in [0.2, 0.25) is 10.0 Å². The largest absolute Gasteiger partial charge is 0.327 e. The van der Waals surface area contributed by atoms with E-state index in [0.29, 0.717) is 13.1 Å². The minimum atomic E-state index is -3.12. The lowest BCUT2D eigenvalue weighted by atomic mass is 9.81. The first-order valence-electron chi connectivity index (χ1n) is 5.42. The van der Waals surface area contributed by atoms with Crippen LogP contribution in [-0.2, 0) is 10.0 Å². The van der Waals surface area contributed by atoms with Crippen molar-refractivity contribution in [2.75, 3.05) is 13.1 Å². The Labute approximate surface area is 92.9 Å². The summed E-state index contributed by atoms with van der Waals surface area (Å²) in [6, 6.07) is 0.0936. The summed E-state index contributed by atoms with van der Waals surface area (Å²) in [5, 5.41) is -0.345. The molecular weight excluding hydrogens is 212 g/mol. The molecule has 1 fully saturated rings. The van der Waals surface area contributed by atoms with Crippen molar-refractivity contribution in [3.8, 4) is 0 Å². The molecule has 15 heavy (non-hydrogen) atoms. The maximum atomic E-state index is 12.0. The molecule has 4 nitrogen and oxygen atoms in total. The third kappa shape index (κ3) is 2.52. The van der Waals surface area contributed by atoms with E-state index in [9.17, 15) is 8.42 Å². The van der Waals surface area contributed by atoms with E-state index in [-0.39, 0.29) is 16.7 Å². The second-order valence-electron chi connectivity index (χ2n) is 5.31. The lowest BCUT2D eigenvalue weighted by Crippen LogP contribution is -2.55. The summed E-state index contributed by atoms with van der Waals surface area (Å²) in [6.45, 7) is 8.59. The third-order valence-corrected chi connectivity index (χ3v) is 5.46. The fourth-order valence-electron chi connectivity index (χ4n) is 1.84. The molecule has 0 aliphatic carbocycles. The number of hydrogen-bond donors (Lipinski definition) is 1. The Morgan fingerprint density at radius 2 is 1.93 bits per heavy atom. The summed E-state index contributed by atoms with van der Waals surface area (Å²) in [5.74, 6) is 0.